The first-order valence-electron chi connectivity index (χ1n) is 6.24. The number of nitrogen functional groups attached to an aromatic ring is 1. The number of aromatic nitrogens is 1. The zero-order chi connectivity index (χ0) is 14.2. The molecule has 0 aliphatic carbocycles. The summed E-state index contributed by atoms with van der Waals surface area (Å²) >= 11 is 0. The van der Waals surface area contributed by atoms with Crippen molar-refractivity contribution >= 4 is 5.88 Å². The van der Waals surface area contributed by atoms with Crippen molar-refractivity contribution in [3.63, 3.8) is 0 Å². The summed E-state index contributed by atoms with van der Waals surface area (Å²) in [6.45, 7) is 8.48. The topological polar surface area (TPSA) is 61.3 Å². The summed E-state index contributed by atoms with van der Waals surface area (Å²) in [7, 11) is 1.69. The predicted octanol–water partition coefficient (Wildman–Crippen LogP) is 3.54. The number of anilines is 1. The Bertz CT molecular complexity index is 595. The van der Waals surface area contributed by atoms with Gasteiger partial charge in [-0.15, -0.1) is 0 Å². The molecule has 0 saturated carbocycles. The average Bonchev–Trinajstić information content (AvgIpc) is 2.73. The molecule has 0 fully saturated rings. The Kier molecular flexibility index (Phi) is 3.27. The summed E-state index contributed by atoms with van der Waals surface area (Å²) in [5.41, 5.74) is 9.57. The van der Waals surface area contributed by atoms with Crippen LogP contribution in [0.5, 0.6) is 5.75 Å². The zero-order valence-corrected chi connectivity index (χ0v) is 12.1. The number of nitrogens with zero attached hydrogens (tertiary/aromatic N) is 1. The van der Waals surface area contributed by atoms with Gasteiger partial charge in [0, 0.05) is 17.2 Å². The molecule has 2 N–H and O–H groups in total. The van der Waals surface area contributed by atoms with E-state index in [1.54, 1.807) is 13.2 Å². The second-order valence-corrected chi connectivity index (χ2v) is 5.73. The van der Waals surface area contributed by atoms with Gasteiger partial charge in [-0.1, -0.05) is 25.9 Å². The maximum Gasteiger partial charge on any atom is 0.222 e. The summed E-state index contributed by atoms with van der Waals surface area (Å²) in [6.07, 6.45) is 0. The quantitative estimate of drug-likeness (QED) is 0.897. The predicted molar refractivity (Wildman–Crippen MR) is 76.3 cm³/mol. The molecule has 2 rings (SSSR count). The lowest BCUT2D eigenvalue weighted by atomic mass is 9.84. The Hall–Kier alpha value is -1.97. The van der Waals surface area contributed by atoms with Gasteiger partial charge in [0.2, 0.25) is 5.88 Å². The second kappa shape index (κ2) is 4.61. The summed E-state index contributed by atoms with van der Waals surface area (Å²) in [6, 6.07) is 5.87. The third kappa shape index (κ3) is 2.57. The van der Waals surface area contributed by atoms with Crippen LogP contribution in [0.3, 0.4) is 0 Å². The Morgan fingerprint density at radius 3 is 2.37 bits per heavy atom. The number of rotatable bonds is 2. The third-order valence-electron chi connectivity index (χ3n) is 3.16. The minimum atomic E-state index is -0.0108. The summed E-state index contributed by atoms with van der Waals surface area (Å²) in [5.74, 6) is 1.22. The molecule has 2 aromatic rings. The molecule has 0 unspecified atom stereocenters. The van der Waals surface area contributed by atoms with Crippen LogP contribution in [0.15, 0.2) is 22.7 Å². The molecule has 0 aliphatic rings. The van der Waals surface area contributed by atoms with Gasteiger partial charge in [-0.2, -0.15) is 0 Å². The number of methoxy groups -OCH3 is 1. The smallest absolute Gasteiger partial charge is 0.222 e. The van der Waals surface area contributed by atoms with E-state index in [4.69, 9.17) is 15.0 Å². The van der Waals surface area contributed by atoms with Gasteiger partial charge in [-0.3, -0.25) is 0 Å². The van der Waals surface area contributed by atoms with Crippen LogP contribution in [0, 0.1) is 6.92 Å². The summed E-state index contributed by atoms with van der Waals surface area (Å²) in [5, 5.41) is 3.98. The van der Waals surface area contributed by atoms with Gasteiger partial charge in [0.05, 0.1) is 7.11 Å². The van der Waals surface area contributed by atoms with Gasteiger partial charge in [0.1, 0.15) is 11.4 Å². The number of benzene rings is 1. The van der Waals surface area contributed by atoms with Crippen molar-refractivity contribution in [3.8, 4) is 17.0 Å². The SMILES string of the molecule is COc1cc(C)c(-c2cc(N)on2)cc1C(C)(C)C. The Labute approximate surface area is 113 Å². The highest BCUT2D eigenvalue weighted by Gasteiger charge is 2.21. The van der Waals surface area contributed by atoms with E-state index >= 15 is 0 Å². The molecule has 0 amide bonds. The fourth-order valence-electron chi connectivity index (χ4n) is 2.13. The highest BCUT2D eigenvalue weighted by Crippen LogP contribution is 2.37. The largest absolute Gasteiger partial charge is 0.496 e. The van der Waals surface area contributed by atoms with Crippen molar-refractivity contribution in [2.45, 2.75) is 33.1 Å². The number of aryl methyl sites for hydroxylation is 1. The van der Waals surface area contributed by atoms with E-state index in [1.807, 2.05) is 13.0 Å². The Morgan fingerprint density at radius 1 is 1.21 bits per heavy atom. The van der Waals surface area contributed by atoms with E-state index in [0.717, 1.165) is 28.1 Å². The van der Waals surface area contributed by atoms with Crippen LogP contribution in [0.4, 0.5) is 5.88 Å². The van der Waals surface area contributed by atoms with E-state index in [9.17, 15) is 0 Å². The van der Waals surface area contributed by atoms with Crippen LogP contribution in [-0.2, 0) is 5.41 Å². The van der Waals surface area contributed by atoms with Crippen LogP contribution < -0.4 is 10.5 Å². The molecular formula is C15H20N2O2. The second-order valence-electron chi connectivity index (χ2n) is 5.73. The van der Waals surface area contributed by atoms with Gasteiger partial charge in [0.25, 0.3) is 0 Å². The summed E-state index contributed by atoms with van der Waals surface area (Å²) < 4.78 is 10.4. The molecule has 1 aromatic heterocycles. The molecule has 102 valence electrons. The number of ether oxygens (including phenoxy) is 1. The van der Waals surface area contributed by atoms with Crippen molar-refractivity contribution in [2.24, 2.45) is 0 Å². The van der Waals surface area contributed by atoms with Crippen LogP contribution >= 0.6 is 0 Å². The molecule has 0 radical (unpaired) electrons. The molecular weight excluding hydrogens is 240 g/mol. The van der Waals surface area contributed by atoms with Gasteiger partial charge < -0.3 is 15.0 Å². The van der Waals surface area contributed by atoms with E-state index in [-0.39, 0.29) is 5.41 Å². The number of hydrogen-bond acceptors (Lipinski definition) is 4. The van der Waals surface area contributed by atoms with Crippen molar-refractivity contribution in [1.29, 1.82) is 0 Å². The minimum Gasteiger partial charge on any atom is -0.496 e. The zero-order valence-electron chi connectivity index (χ0n) is 12.1. The van der Waals surface area contributed by atoms with E-state index in [0.29, 0.717) is 5.88 Å². The van der Waals surface area contributed by atoms with Crippen LogP contribution in [-0.4, -0.2) is 12.3 Å². The van der Waals surface area contributed by atoms with Gasteiger partial charge >= 0.3 is 0 Å². The first-order chi connectivity index (χ1) is 8.82. The lowest BCUT2D eigenvalue weighted by molar-refractivity contribution is 0.397. The standard InChI is InChI=1S/C15H20N2O2/c1-9-6-13(18-5)11(15(2,3)4)7-10(9)12-8-14(16)19-17-12/h6-8H,16H2,1-5H3. The Balaban J connectivity index is 2.63. The highest BCUT2D eigenvalue weighted by atomic mass is 16.5. The van der Waals surface area contributed by atoms with E-state index < -0.39 is 0 Å². The highest BCUT2D eigenvalue weighted by molar-refractivity contribution is 5.68. The summed E-state index contributed by atoms with van der Waals surface area (Å²) in [4.78, 5) is 0. The maximum absolute atomic E-state index is 5.59. The fourth-order valence-corrected chi connectivity index (χ4v) is 2.13. The molecule has 0 bridgehead atoms. The lowest BCUT2D eigenvalue weighted by Gasteiger charge is -2.23. The molecule has 1 heterocycles. The number of nitrogens with two attached hydrogens (primary N) is 1. The van der Waals surface area contributed by atoms with Crippen LogP contribution in [0.2, 0.25) is 0 Å². The normalized spacial score (nSPS) is 11.6. The fraction of sp³-hybridized carbons (Fsp3) is 0.400. The van der Waals surface area contributed by atoms with Crippen LogP contribution in [0.25, 0.3) is 11.3 Å². The lowest BCUT2D eigenvalue weighted by Crippen LogP contribution is -2.13. The molecule has 4 heteroatoms. The molecule has 4 nitrogen and oxygen atoms in total. The third-order valence-corrected chi connectivity index (χ3v) is 3.16. The maximum atomic E-state index is 5.59. The van der Waals surface area contributed by atoms with Crippen molar-refractivity contribution in [3.05, 3.63) is 29.3 Å². The molecule has 19 heavy (non-hydrogen) atoms. The van der Waals surface area contributed by atoms with E-state index in [1.165, 1.54) is 0 Å². The van der Waals surface area contributed by atoms with Crippen molar-refractivity contribution in [2.75, 3.05) is 12.8 Å². The van der Waals surface area contributed by atoms with Crippen molar-refractivity contribution in [1.82, 2.24) is 5.16 Å². The first kappa shape index (κ1) is 13.5. The van der Waals surface area contributed by atoms with Gasteiger partial charge in [0.15, 0.2) is 0 Å². The average molecular weight is 260 g/mol. The monoisotopic (exact) mass is 260 g/mol. The minimum absolute atomic E-state index is 0.0108. The van der Waals surface area contributed by atoms with Crippen molar-refractivity contribution < 1.29 is 9.26 Å². The number of hydrogen-bond donors (Lipinski definition) is 1. The molecule has 1 aromatic carbocycles. The molecule has 0 spiro atoms. The first-order valence-corrected chi connectivity index (χ1v) is 6.24. The molecule has 0 saturated heterocycles. The van der Waals surface area contributed by atoms with Crippen LogP contribution in [0.1, 0.15) is 31.9 Å². The Morgan fingerprint density at radius 2 is 1.89 bits per heavy atom. The van der Waals surface area contributed by atoms with E-state index in [2.05, 4.69) is 32.0 Å². The molecule has 0 aliphatic heterocycles. The molecule has 0 atom stereocenters. The van der Waals surface area contributed by atoms with Gasteiger partial charge in [-0.05, 0) is 30.0 Å². The van der Waals surface area contributed by atoms with Gasteiger partial charge in [-0.25, -0.2) is 0 Å².